The fourth-order valence-electron chi connectivity index (χ4n) is 1.81. The first-order valence-electron chi connectivity index (χ1n) is 7.26. The zero-order valence-corrected chi connectivity index (χ0v) is 13.7. The summed E-state index contributed by atoms with van der Waals surface area (Å²) >= 11 is 0. The number of alkyl carbamates (subject to hydrolysis) is 1. The summed E-state index contributed by atoms with van der Waals surface area (Å²) in [4.78, 5) is 11.6. The van der Waals surface area contributed by atoms with Crippen LogP contribution in [0.2, 0.25) is 0 Å². The molecule has 2 N–H and O–H groups in total. The lowest BCUT2D eigenvalue weighted by atomic mass is 10.1. The predicted octanol–water partition coefficient (Wildman–Crippen LogP) is 3.53. The van der Waals surface area contributed by atoms with Gasteiger partial charge < -0.3 is 15.4 Å². The van der Waals surface area contributed by atoms with E-state index in [2.05, 4.69) is 10.6 Å². The number of nitrogens with one attached hydrogen (secondary N) is 2. The highest BCUT2D eigenvalue weighted by Crippen LogP contribution is 2.15. The van der Waals surface area contributed by atoms with E-state index >= 15 is 0 Å². The minimum absolute atomic E-state index is 0.164. The molecule has 0 aliphatic heterocycles. The number of carbonyl (C=O) groups excluding carboxylic acids is 1. The summed E-state index contributed by atoms with van der Waals surface area (Å²) in [5.74, 6) is -1.73. The molecule has 0 aliphatic rings. The van der Waals surface area contributed by atoms with Gasteiger partial charge in [0.15, 0.2) is 11.6 Å². The minimum atomic E-state index is -0.869. The lowest BCUT2D eigenvalue weighted by molar-refractivity contribution is 0.0507. The number of hydrogen-bond donors (Lipinski definition) is 2. The Hall–Kier alpha value is -1.69. The van der Waals surface area contributed by atoms with Crippen molar-refractivity contribution in [1.29, 1.82) is 0 Å². The lowest BCUT2D eigenvalue weighted by Gasteiger charge is -2.23. The Kier molecular flexibility index (Phi) is 6.29. The Balaban J connectivity index is 2.44. The van der Waals surface area contributed by atoms with E-state index in [1.165, 1.54) is 12.1 Å². The van der Waals surface area contributed by atoms with Crippen molar-refractivity contribution in [3.63, 3.8) is 0 Å². The molecule has 0 radical (unpaired) electrons. The summed E-state index contributed by atoms with van der Waals surface area (Å²) in [5, 5.41) is 5.86. The monoisotopic (exact) mass is 314 g/mol. The number of carbonyl (C=O) groups is 1. The standard InChI is InChI=1S/C16H24F2N2O2/c1-10(20-15(21)22-16(3,4)5)9-19-11(2)12-6-7-13(17)14(18)8-12/h6-8,10-11,19H,9H2,1-5H3,(H,20,21). The van der Waals surface area contributed by atoms with E-state index in [-0.39, 0.29) is 12.1 Å². The van der Waals surface area contributed by atoms with E-state index in [4.69, 9.17) is 4.74 Å². The molecule has 2 unspecified atom stereocenters. The maximum absolute atomic E-state index is 13.2. The van der Waals surface area contributed by atoms with Crippen LogP contribution in [0.25, 0.3) is 0 Å². The third-order valence-corrected chi connectivity index (χ3v) is 2.94. The highest BCUT2D eigenvalue weighted by molar-refractivity contribution is 5.68. The van der Waals surface area contributed by atoms with Crippen molar-refractivity contribution in [1.82, 2.24) is 10.6 Å². The molecule has 1 rings (SSSR count). The minimum Gasteiger partial charge on any atom is -0.444 e. The molecule has 6 heteroatoms. The molecule has 0 spiro atoms. The van der Waals surface area contributed by atoms with Gasteiger partial charge in [-0.05, 0) is 52.3 Å². The summed E-state index contributed by atoms with van der Waals surface area (Å²) in [6, 6.07) is 3.47. The Morgan fingerprint density at radius 2 is 1.86 bits per heavy atom. The first-order chi connectivity index (χ1) is 10.1. The molecule has 0 bridgehead atoms. The van der Waals surface area contributed by atoms with Gasteiger partial charge in [0, 0.05) is 18.6 Å². The molecule has 1 aromatic carbocycles. The van der Waals surface area contributed by atoms with Crippen molar-refractivity contribution < 1.29 is 18.3 Å². The summed E-state index contributed by atoms with van der Waals surface area (Å²) in [5.41, 5.74) is 0.0965. The van der Waals surface area contributed by atoms with E-state index in [1.54, 1.807) is 20.8 Å². The average Bonchev–Trinajstić information content (AvgIpc) is 2.36. The first kappa shape index (κ1) is 18.4. The highest BCUT2D eigenvalue weighted by Gasteiger charge is 2.18. The van der Waals surface area contributed by atoms with Crippen molar-refractivity contribution in [2.24, 2.45) is 0 Å². The van der Waals surface area contributed by atoms with Crippen molar-refractivity contribution in [3.05, 3.63) is 35.4 Å². The highest BCUT2D eigenvalue weighted by atomic mass is 19.2. The smallest absolute Gasteiger partial charge is 0.407 e. The number of benzene rings is 1. The van der Waals surface area contributed by atoms with E-state index in [9.17, 15) is 13.6 Å². The maximum atomic E-state index is 13.2. The molecule has 2 atom stereocenters. The van der Waals surface area contributed by atoms with Gasteiger partial charge in [0.05, 0.1) is 0 Å². The van der Waals surface area contributed by atoms with Gasteiger partial charge in [-0.2, -0.15) is 0 Å². The number of halogens is 2. The molecule has 1 aromatic rings. The number of rotatable bonds is 5. The average molecular weight is 314 g/mol. The zero-order chi connectivity index (χ0) is 16.9. The molecule has 0 aliphatic carbocycles. The molecular formula is C16H24F2N2O2. The van der Waals surface area contributed by atoms with Gasteiger partial charge in [0.25, 0.3) is 0 Å². The fourth-order valence-corrected chi connectivity index (χ4v) is 1.81. The second kappa shape index (κ2) is 7.54. The van der Waals surface area contributed by atoms with Crippen LogP contribution >= 0.6 is 0 Å². The first-order valence-corrected chi connectivity index (χ1v) is 7.26. The van der Waals surface area contributed by atoms with Crippen LogP contribution in [0, 0.1) is 11.6 Å². The van der Waals surface area contributed by atoms with Crippen LogP contribution in [0.1, 0.15) is 46.2 Å². The van der Waals surface area contributed by atoms with Gasteiger partial charge >= 0.3 is 6.09 Å². The van der Waals surface area contributed by atoms with Crippen LogP contribution < -0.4 is 10.6 Å². The Labute approximate surface area is 130 Å². The van der Waals surface area contributed by atoms with Gasteiger partial charge in [0.2, 0.25) is 0 Å². The largest absolute Gasteiger partial charge is 0.444 e. The van der Waals surface area contributed by atoms with Crippen LogP contribution in [0.15, 0.2) is 18.2 Å². The third-order valence-electron chi connectivity index (χ3n) is 2.94. The van der Waals surface area contributed by atoms with Gasteiger partial charge in [-0.15, -0.1) is 0 Å². The zero-order valence-electron chi connectivity index (χ0n) is 13.7. The summed E-state index contributed by atoms with van der Waals surface area (Å²) in [6.07, 6.45) is -0.484. The van der Waals surface area contributed by atoms with Crippen LogP contribution in [0.5, 0.6) is 0 Å². The van der Waals surface area contributed by atoms with Crippen molar-refractivity contribution in [2.75, 3.05) is 6.54 Å². The molecule has 22 heavy (non-hydrogen) atoms. The van der Waals surface area contributed by atoms with Crippen LogP contribution in [-0.4, -0.2) is 24.3 Å². The molecule has 1 amide bonds. The number of amides is 1. The number of hydrogen-bond acceptors (Lipinski definition) is 3. The maximum Gasteiger partial charge on any atom is 0.407 e. The molecule has 124 valence electrons. The van der Waals surface area contributed by atoms with E-state index in [0.29, 0.717) is 12.1 Å². The number of ether oxygens (including phenoxy) is 1. The van der Waals surface area contributed by atoms with Gasteiger partial charge in [-0.1, -0.05) is 6.07 Å². The second-order valence-electron chi connectivity index (χ2n) is 6.35. The molecule has 0 aromatic heterocycles. The van der Waals surface area contributed by atoms with E-state index < -0.39 is 23.3 Å². The lowest BCUT2D eigenvalue weighted by Crippen LogP contribution is -2.43. The molecule has 0 fully saturated rings. The molecule has 4 nitrogen and oxygen atoms in total. The van der Waals surface area contributed by atoms with Crippen LogP contribution in [-0.2, 0) is 4.74 Å². The van der Waals surface area contributed by atoms with Crippen molar-refractivity contribution >= 4 is 6.09 Å². The molecule has 0 heterocycles. The molecular weight excluding hydrogens is 290 g/mol. The Morgan fingerprint density at radius 3 is 2.41 bits per heavy atom. The van der Waals surface area contributed by atoms with Gasteiger partial charge in [-0.3, -0.25) is 0 Å². The van der Waals surface area contributed by atoms with Gasteiger partial charge in [0.1, 0.15) is 5.60 Å². The molecule has 0 saturated heterocycles. The quantitative estimate of drug-likeness (QED) is 0.874. The van der Waals surface area contributed by atoms with Crippen LogP contribution in [0.3, 0.4) is 0 Å². The normalized spacial score (nSPS) is 14.3. The fraction of sp³-hybridized carbons (Fsp3) is 0.562. The third kappa shape index (κ3) is 6.39. The summed E-state index contributed by atoms with van der Waals surface area (Å²) in [6.45, 7) is 9.52. The van der Waals surface area contributed by atoms with Gasteiger partial charge in [-0.25, -0.2) is 13.6 Å². The van der Waals surface area contributed by atoms with E-state index in [1.807, 2.05) is 13.8 Å². The SMILES string of the molecule is CC(CNC(C)c1ccc(F)c(F)c1)NC(=O)OC(C)(C)C. The topological polar surface area (TPSA) is 50.4 Å². The van der Waals surface area contributed by atoms with E-state index in [0.717, 1.165) is 6.07 Å². The Bertz CT molecular complexity index is 515. The predicted molar refractivity (Wildman–Crippen MR) is 81.6 cm³/mol. The second-order valence-corrected chi connectivity index (χ2v) is 6.35. The summed E-state index contributed by atoms with van der Waals surface area (Å²) < 4.78 is 31.2. The van der Waals surface area contributed by atoms with Crippen molar-refractivity contribution in [3.8, 4) is 0 Å². The van der Waals surface area contributed by atoms with Crippen molar-refractivity contribution in [2.45, 2.75) is 52.3 Å². The Morgan fingerprint density at radius 1 is 1.23 bits per heavy atom. The molecule has 0 saturated carbocycles. The van der Waals surface area contributed by atoms with Crippen LogP contribution in [0.4, 0.5) is 13.6 Å². The summed E-state index contributed by atoms with van der Waals surface area (Å²) in [7, 11) is 0.